The summed E-state index contributed by atoms with van der Waals surface area (Å²) in [5.74, 6) is 0.409. The average molecular weight is 456 g/mol. The second-order valence-electron chi connectivity index (χ2n) is 7.75. The van der Waals surface area contributed by atoms with E-state index < -0.39 is 10.0 Å². The van der Waals surface area contributed by atoms with Gasteiger partial charge in [-0.25, -0.2) is 12.8 Å². The van der Waals surface area contributed by atoms with Crippen LogP contribution in [0.4, 0.5) is 4.39 Å². The van der Waals surface area contributed by atoms with Gasteiger partial charge in [-0.2, -0.15) is 4.31 Å². The summed E-state index contributed by atoms with van der Waals surface area (Å²) in [6.45, 7) is 3.56. The van der Waals surface area contributed by atoms with Crippen LogP contribution in [0.1, 0.15) is 29.2 Å². The number of sulfonamides is 1. The average Bonchev–Trinajstić information content (AvgIpc) is 3.03. The smallest absolute Gasteiger partial charge is 0.243 e. The number of nitrogens with zero attached hydrogens (tertiary/aromatic N) is 1. The van der Waals surface area contributed by atoms with Crippen LogP contribution in [0.2, 0.25) is 0 Å². The zero-order valence-electron chi connectivity index (χ0n) is 18.0. The fourth-order valence-electron chi connectivity index (χ4n) is 3.63. The maximum absolute atomic E-state index is 13.2. The van der Waals surface area contributed by atoms with Crippen LogP contribution in [-0.2, 0) is 40.9 Å². The van der Waals surface area contributed by atoms with Crippen molar-refractivity contribution in [3.8, 4) is 5.75 Å². The van der Waals surface area contributed by atoms with Crippen LogP contribution in [-0.4, -0.2) is 25.9 Å². The van der Waals surface area contributed by atoms with Crippen molar-refractivity contribution in [2.24, 2.45) is 0 Å². The highest BCUT2D eigenvalue weighted by Gasteiger charge is 2.27. The normalized spacial score (nSPS) is 14.4. The van der Waals surface area contributed by atoms with Crippen molar-refractivity contribution < 1.29 is 22.3 Å². The Morgan fingerprint density at radius 2 is 1.59 bits per heavy atom. The summed E-state index contributed by atoms with van der Waals surface area (Å²) in [6.07, 6.45) is 0.858. The molecule has 1 heterocycles. The maximum Gasteiger partial charge on any atom is 0.243 e. The van der Waals surface area contributed by atoms with E-state index in [1.807, 2.05) is 37.3 Å². The van der Waals surface area contributed by atoms with Gasteiger partial charge in [0, 0.05) is 18.7 Å². The zero-order valence-corrected chi connectivity index (χ0v) is 18.8. The number of benzene rings is 3. The van der Waals surface area contributed by atoms with Crippen molar-refractivity contribution in [2.45, 2.75) is 38.0 Å². The van der Waals surface area contributed by atoms with E-state index in [1.54, 1.807) is 24.3 Å². The molecule has 0 aromatic heterocycles. The van der Waals surface area contributed by atoms with Crippen LogP contribution in [0.5, 0.6) is 5.75 Å². The molecule has 0 N–H and O–H groups in total. The van der Waals surface area contributed by atoms with E-state index in [4.69, 9.17) is 9.47 Å². The number of aryl methyl sites for hydroxylation is 1. The van der Waals surface area contributed by atoms with E-state index in [9.17, 15) is 12.8 Å². The number of fused-ring (bicyclic) bond motifs is 1. The van der Waals surface area contributed by atoms with Crippen molar-refractivity contribution >= 4 is 10.0 Å². The summed E-state index contributed by atoms with van der Waals surface area (Å²) in [5.41, 5.74) is 3.70. The van der Waals surface area contributed by atoms with Crippen molar-refractivity contribution in [3.63, 3.8) is 0 Å². The van der Waals surface area contributed by atoms with Gasteiger partial charge in [0.25, 0.3) is 0 Å². The molecule has 0 radical (unpaired) electrons. The summed E-state index contributed by atoms with van der Waals surface area (Å²) in [5, 5.41) is 0. The number of hydrogen-bond acceptors (Lipinski definition) is 4. The van der Waals surface area contributed by atoms with E-state index in [0.717, 1.165) is 28.7 Å². The van der Waals surface area contributed by atoms with Crippen LogP contribution in [0.25, 0.3) is 0 Å². The highest BCUT2D eigenvalue weighted by molar-refractivity contribution is 7.89. The molecule has 0 fully saturated rings. The first kappa shape index (κ1) is 22.5. The van der Waals surface area contributed by atoms with Gasteiger partial charge >= 0.3 is 0 Å². The van der Waals surface area contributed by atoms with E-state index in [2.05, 4.69) is 0 Å². The summed E-state index contributed by atoms with van der Waals surface area (Å²) < 4.78 is 52.5. The molecule has 7 heteroatoms. The monoisotopic (exact) mass is 455 g/mol. The van der Waals surface area contributed by atoms with Gasteiger partial charge in [-0.1, -0.05) is 37.3 Å². The molecule has 3 aromatic carbocycles. The van der Waals surface area contributed by atoms with Crippen LogP contribution < -0.4 is 4.74 Å². The van der Waals surface area contributed by atoms with Gasteiger partial charge in [0.1, 0.15) is 18.2 Å². The molecule has 0 saturated carbocycles. The molecule has 0 saturated heterocycles. The zero-order chi connectivity index (χ0) is 22.6. The predicted molar refractivity (Wildman–Crippen MR) is 120 cm³/mol. The standard InChI is InChI=1S/C25H26FNO4S/c1-2-19-5-10-24(11-6-19)32(28,29)27-13-14-31-25-12-7-21(15-22(25)16-27)18-30-17-20-3-8-23(26)9-4-20/h3-12,15H,2,13-14,16-18H2,1H3. The number of rotatable bonds is 7. The SMILES string of the molecule is CCc1ccc(S(=O)(=O)N2CCOc3ccc(COCc4ccc(F)cc4)cc3C2)cc1. The Morgan fingerprint density at radius 1 is 0.938 bits per heavy atom. The molecule has 5 nitrogen and oxygen atoms in total. The molecular formula is C25H26FNO4S. The first-order valence-corrected chi connectivity index (χ1v) is 12.1. The molecule has 1 aliphatic heterocycles. The molecule has 0 aliphatic carbocycles. The van der Waals surface area contributed by atoms with E-state index in [-0.39, 0.29) is 23.8 Å². The van der Waals surface area contributed by atoms with Crippen molar-refractivity contribution in [1.29, 1.82) is 0 Å². The Kier molecular flexibility index (Phi) is 6.89. The Labute approximate surface area is 188 Å². The minimum Gasteiger partial charge on any atom is -0.492 e. The molecule has 0 amide bonds. The minimum atomic E-state index is -3.63. The van der Waals surface area contributed by atoms with Gasteiger partial charge in [-0.15, -0.1) is 0 Å². The van der Waals surface area contributed by atoms with Crippen LogP contribution in [0, 0.1) is 5.82 Å². The molecule has 0 bridgehead atoms. The second-order valence-corrected chi connectivity index (χ2v) is 9.68. The predicted octanol–water partition coefficient (Wildman–Crippen LogP) is 4.69. The lowest BCUT2D eigenvalue weighted by Gasteiger charge is -2.20. The lowest BCUT2D eigenvalue weighted by Crippen LogP contribution is -2.32. The fraction of sp³-hybridized carbons (Fsp3) is 0.280. The molecule has 0 spiro atoms. The largest absolute Gasteiger partial charge is 0.492 e. The summed E-state index contributed by atoms with van der Waals surface area (Å²) in [6, 6.07) is 18.9. The molecule has 3 aromatic rings. The van der Waals surface area contributed by atoms with Crippen LogP contribution in [0.15, 0.2) is 71.6 Å². The molecular weight excluding hydrogens is 429 g/mol. The molecule has 168 valence electrons. The van der Waals surface area contributed by atoms with Crippen LogP contribution >= 0.6 is 0 Å². The van der Waals surface area contributed by atoms with Gasteiger partial charge in [0.2, 0.25) is 10.0 Å². The summed E-state index contributed by atoms with van der Waals surface area (Å²) in [4.78, 5) is 0.289. The highest BCUT2D eigenvalue weighted by Crippen LogP contribution is 2.28. The molecule has 1 aliphatic rings. The highest BCUT2D eigenvalue weighted by atomic mass is 32.2. The molecule has 4 rings (SSSR count). The quantitative estimate of drug-likeness (QED) is 0.519. The van der Waals surface area contributed by atoms with Gasteiger partial charge in [0.15, 0.2) is 0 Å². The van der Waals surface area contributed by atoms with E-state index in [1.165, 1.54) is 16.4 Å². The summed E-state index contributed by atoms with van der Waals surface area (Å²) >= 11 is 0. The Balaban J connectivity index is 1.47. The second kappa shape index (κ2) is 9.81. The first-order valence-electron chi connectivity index (χ1n) is 10.6. The third-order valence-corrected chi connectivity index (χ3v) is 7.35. The van der Waals surface area contributed by atoms with E-state index >= 15 is 0 Å². The Morgan fingerprint density at radius 3 is 2.31 bits per heavy atom. The van der Waals surface area contributed by atoms with Gasteiger partial charge in [-0.05, 0) is 59.5 Å². The third-order valence-electron chi connectivity index (χ3n) is 5.49. The Hall–Kier alpha value is -2.74. The lowest BCUT2D eigenvalue weighted by atomic mass is 10.1. The van der Waals surface area contributed by atoms with Crippen molar-refractivity contribution in [1.82, 2.24) is 4.31 Å². The van der Waals surface area contributed by atoms with Crippen molar-refractivity contribution in [3.05, 3.63) is 94.8 Å². The minimum absolute atomic E-state index is 0.235. The van der Waals surface area contributed by atoms with Gasteiger partial charge in [0.05, 0.1) is 18.1 Å². The molecule has 32 heavy (non-hydrogen) atoms. The van der Waals surface area contributed by atoms with E-state index in [0.29, 0.717) is 25.6 Å². The third kappa shape index (κ3) is 5.18. The number of halogens is 1. The lowest BCUT2D eigenvalue weighted by molar-refractivity contribution is 0.107. The topological polar surface area (TPSA) is 55.8 Å². The molecule has 0 atom stereocenters. The number of ether oxygens (including phenoxy) is 2. The van der Waals surface area contributed by atoms with Gasteiger partial charge < -0.3 is 9.47 Å². The van der Waals surface area contributed by atoms with Gasteiger partial charge in [-0.3, -0.25) is 0 Å². The Bertz CT molecular complexity index is 1160. The fourth-order valence-corrected chi connectivity index (χ4v) is 5.03. The number of hydrogen-bond donors (Lipinski definition) is 0. The summed E-state index contributed by atoms with van der Waals surface area (Å²) in [7, 11) is -3.63. The van der Waals surface area contributed by atoms with Crippen LogP contribution in [0.3, 0.4) is 0 Å². The first-order chi connectivity index (χ1) is 15.5. The molecule has 0 unspecified atom stereocenters. The van der Waals surface area contributed by atoms with Crippen molar-refractivity contribution in [2.75, 3.05) is 13.2 Å². The maximum atomic E-state index is 13.2.